The Kier molecular flexibility index (Phi) is 12.6. The van der Waals surface area contributed by atoms with Gasteiger partial charge in [-0.15, -0.1) is 0 Å². The lowest BCUT2D eigenvalue weighted by molar-refractivity contribution is -0.128. The molecule has 11 heteroatoms. The van der Waals surface area contributed by atoms with Crippen molar-refractivity contribution < 1.29 is 24.0 Å². The molecule has 0 aliphatic heterocycles. The highest BCUT2D eigenvalue weighted by Gasteiger charge is 2.12. The second-order valence-corrected chi connectivity index (χ2v) is 7.03. The van der Waals surface area contributed by atoms with E-state index in [9.17, 15) is 24.0 Å². The lowest BCUT2D eigenvalue weighted by Crippen LogP contribution is -2.44. The third-order valence-corrected chi connectivity index (χ3v) is 4.51. The summed E-state index contributed by atoms with van der Waals surface area (Å²) in [6.45, 7) is 0.456. The third-order valence-electron chi connectivity index (χ3n) is 3.61. The normalized spacial score (nSPS) is 10.0. The van der Waals surface area contributed by atoms with Crippen LogP contribution in [0.25, 0.3) is 0 Å². The Hall–Kier alpha value is -2.92. The minimum Gasteiger partial charge on any atom is -0.355 e. The molecule has 0 fully saturated rings. The number of hydrogen-bond donors (Lipinski definition) is 5. The zero-order chi connectivity index (χ0) is 22.2. The van der Waals surface area contributed by atoms with Crippen LogP contribution in [0.5, 0.6) is 0 Å². The molecule has 5 N–H and O–H groups in total. The molecule has 4 amide bonds. The fourth-order valence-electron chi connectivity index (χ4n) is 2.06. The maximum absolute atomic E-state index is 11.9. The van der Waals surface area contributed by atoms with E-state index in [0.717, 1.165) is 24.7 Å². The summed E-state index contributed by atoms with van der Waals surface area (Å²) in [5.74, 6) is -2.00. The lowest BCUT2D eigenvalue weighted by Gasteiger charge is -2.08. The van der Waals surface area contributed by atoms with E-state index >= 15 is 0 Å². The molecule has 10 nitrogen and oxygen atoms in total. The zero-order valence-corrected chi connectivity index (χ0v) is 17.6. The quantitative estimate of drug-likeness (QED) is 0.240. The molecule has 0 aromatic heterocycles. The SMILES string of the molecule is CNCCCNC(=O)CNC(=O)CNC(=O)CNC(=O)CSC(=O)c1ccccc1. The number of carbonyl (C=O) groups is 5. The molecule has 0 saturated heterocycles. The molecule has 0 unspecified atom stereocenters. The maximum atomic E-state index is 11.9. The number of amides is 4. The smallest absolute Gasteiger partial charge is 0.239 e. The van der Waals surface area contributed by atoms with E-state index in [1.165, 1.54) is 0 Å². The van der Waals surface area contributed by atoms with Crippen LogP contribution >= 0.6 is 11.8 Å². The average Bonchev–Trinajstić information content (AvgIpc) is 2.76. The molecule has 0 aliphatic carbocycles. The summed E-state index contributed by atoms with van der Waals surface area (Å²) in [5, 5.41) is 12.4. The van der Waals surface area contributed by atoms with E-state index in [4.69, 9.17) is 0 Å². The van der Waals surface area contributed by atoms with Gasteiger partial charge in [-0.3, -0.25) is 24.0 Å². The Bertz CT molecular complexity index is 729. The number of carbonyl (C=O) groups excluding carboxylic acids is 5. The molecule has 0 aliphatic rings. The summed E-state index contributed by atoms with van der Waals surface area (Å²) in [4.78, 5) is 58.5. The number of benzene rings is 1. The van der Waals surface area contributed by atoms with Crippen molar-refractivity contribution in [2.45, 2.75) is 6.42 Å². The van der Waals surface area contributed by atoms with Gasteiger partial charge >= 0.3 is 0 Å². The van der Waals surface area contributed by atoms with Crippen LogP contribution in [-0.2, 0) is 19.2 Å². The van der Waals surface area contributed by atoms with Crippen molar-refractivity contribution in [3.8, 4) is 0 Å². The van der Waals surface area contributed by atoms with E-state index in [0.29, 0.717) is 12.1 Å². The van der Waals surface area contributed by atoms with Gasteiger partial charge in [-0.25, -0.2) is 0 Å². The summed E-state index contributed by atoms with van der Waals surface area (Å²) in [6, 6.07) is 8.55. The first-order valence-corrected chi connectivity index (χ1v) is 10.3. The molecule has 1 aromatic carbocycles. The van der Waals surface area contributed by atoms with Gasteiger partial charge in [0.05, 0.1) is 25.4 Å². The standard InChI is InChI=1S/C19H27N5O5S/c1-20-8-5-9-21-15(25)10-22-16(26)11-23-17(27)12-24-18(28)13-30-19(29)14-6-3-2-4-7-14/h2-4,6-7,20H,5,8-13H2,1H3,(H,21,25)(H,22,26)(H,23,27)(H,24,28). The van der Waals surface area contributed by atoms with Gasteiger partial charge in [0.1, 0.15) is 0 Å². The van der Waals surface area contributed by atoms with Gasteiger partial charge in [0.15, 0.2) is 0 Å². The van der Waals surface area contributed by atoms with Crippen LogP contribution in [0, 0.1) is 0 Å². The molecule has 30 heavy (non-hydrogen) atoms. The summed E-state index contributed by atoms with van der Waals surface area (Å²) in [6.07, 6.45) is 0.775. The second kappa shape index (κ2) is 15.0. The predicted molar refractivity (Wildman–Crippen MR) is 114 cm³/mol. The summed E-state index contributed by atoms with van der Waals surface area (Å²) >= 11 is 0.837. The fraction of sp³-hybridized carbons (Fsp3) is 0.421. The predicted octanol–water partition coefficient (Wildman–Crippen LogP) is -1.37. The van der Waals surface area contributed by atoms with Gasteiger partial charge in [0.25, 0.3) is 0 Å². The van der Waals surface area contributed by atoms with Crippen molar-refractivity contribution >= 4 is 40.5 Å². The van der Waals surface area contributed by atoms with Crippen LogP contribution in [0.15, 0.2) is 30.3 Å². The van der Waals surface area contributed by atoms with Crippen molar-refractivity contribution in [1.29, 1.82) is 0 Å². The Morgan fingerprint density at radius 3 is 1.83 bits per heavy atom. The summed E-state index contributed by atoms with van der Waals surface area (Å²) in [7, 11) is 1.81. The Morgan fingerprint density at radius 2 is 1.27 bits per heavy atom. The van der Waals surface area contributed by atoms with Crippen molar-refractivity contribution in [1.82, 2.24) is 26.6 Å². The maximum Gasteiger partial charge on any atom is 0.239 e. The van der Waals surface area contributed by atoms with Crippen LogP contribution in [-0.4, -0.2) is 74.3 Å². The molecule has 0 heterocycles. The van der Waals surface area contributed by atoms with Crippen LogP contribution in [0.1, 0.15) is 16.8 Å². The molecule has 0 spiro atoms. The van der Waals surface area contributed by atoms with Crippen LogP contribution < -0.4 is 26.6 Å². The largest absolute Gasteiger partial charge is 0.355 e. The van der Waals surface area contributed by atoms with Crippen molar-refractivity contribution in [2.75, 3.05) is 45.5 Å². The lowest BCUT2D eigenvalue weighted by atomic mass is 10.2. The van der Waals surface area contributed by atoms with Crippen LogP contribution in [0.3, 0.4) is 0 Å². The number of nitrogens with one attached hydrogen (secondary N) is 5. The molecule has 1 aromatic rings. The summed E-state index contributed by atoms with van der Waals surface area (Å²) in [5.41, 5.74) is 0.491. The number of rotatable bonds is 13. The van der Waals surface area contributed by atoms with Crippen LogP contribution in [0.4, 0.5) is 0 Å². The molecule has 164 valence electrons. The molecular formula is C19H27N5O5S. The van der Waals surface area contributed by atoms with Gasteiger partial charge < -0.3 is 26.6 Å². The van der Waals surface area contributed by atoms with E-state index < -0.39 is 17.7 Å². The molecular weight excluding hydrogens is 410 g/mol. The monoisotopic (exact) mass is 437 g/mol. The van der Waals surface area contributed by atoms with E-state index in [1.807, 2.05) is 7.05 Å². The van der Waals surface area contributed by atoms with E-state index in [1.54, 1.807) is 30.3 Å². The highest BCUT2D eigenvalue weighted by atomic mass is 32.2. The first kappa shape index (κ1) is 25.1. The Balaban J connectivity index is 2.11. The second-order valence-electron chi connectivity index (χ2n) is 6.08. The molecule has 0 atom stereocenters. The van der Waals surface area contributed by atoms with E-state index in [2.05, 4.69) is 26.6 Å². The van der Waals surface area contributed by atoms with E-state index in [-0.39, 0.29) is 36.4 Å². The molecule has 0 radical (unpaired) electrons. The van der Waals surface area contributed by atoms with Gasteiger partial charge in [0.2, 0.25) is 28.7 Å². The topological polar surface area (TPSA) is 145 Å². The highest BCUT2D eigenvalue weighted by Crippen LogP contribution is 2.11. The number of hydrogen-bond acceptors (Lipinski definition) is 7. The first-order chi connectivity index (χ1) is 14.4. The fourth-order valence-corrected chi connectivity index (χ4v) is 2.72. The minimum atomic E-state index is -0.561. The van der Waals surface area contributed by atoms with Gasteiger partial charge in [-0.2, -0.15) is 0 Å². The Morgan fingerprint density at radius 1 is 0.733 bits per heavy atom. The Labute approximate surface area is 179 Å². The van der Waals surface area contributed by atoms with Crippen molar-refractivity contribution in [3.05, 3.63) is 35.9 Å². The average molecular weight is 438 g/mol. The van der Waals surface area contributed by atoms with Crippen molar-refractivity contribution in [2.24, 2.45) is 0 Å². The molecule has 1 rings (SSSR count). The van der Waals surface area contributed by atoms with Crippen LogP contribution in [0.2, 0.25) is 0 Å². The first-order valence-electron chi connectivity index (χ1n) is 9.36. The van der Waals surface area contributed by atoms with Crippen molar-refractivity contribution in [3.63, 3.8) is 0 Å². The minimum absolute atomic E-state index is 0.120. The zero-order valence-electron chi connectivity index (χ0n) is 16.8. The molecule has 0 saturated carbocycles. The highest BCUT2D eigenvalue weighted by molar-refractivity contribution is 8.14. The summed E-state index contributed by atoms with van der Waals surface area (Å²) < 4.78 is 0. The molecule has 0 bridgehead atoms. The van der Waals surface area contributed by atoms with Gasteiger partial charge in [-0.1, -0.05) is 42.1 Å². The van der Waals surface area contributed by atoms with Gasteiger partial charge in [-0.05, 0) is 20.0 Å². The third kappa shape index (κ3) is 11.8. The van der Waals surface area contributed by atoms with Gasteiger partial charge in [0, 0.05) is 12.1 Å². The number of thioether (sulfide) groups is 1.